The molecule has 0 bridgehead atoms. The molecule has 2 N–H and O–H groups in total. The molecule has 1 saturated carbocycles. The number of hydrogen-bond acceptors (Lipinski definition) is 2. The molecular formula is C26H37N3. The first-order valence-corrected chi connectivity index (χ1v) is 11.7. The second-order valence-corrected chi connectivity index (χ2v) is 9.28. The Hall–Kier alpha value is -1.87. The van der Waals surface area contributed by atoms with Crippen LogP contribution in [0.15, 0.2) is 42.8 Å². The van der Waals surface area contributed by atoms with Crippen molar-refractivity contribution in [3.05, 3.63) is 53.9 Å². The fourth-order valence-corrected chi connectivity index (χ4v) is 5.44. The molecule has 2 unspecified atom stereocenters. The summed E-state index contributed by atoms with van der Waals surface area (Å²) in [5, 5.41) is 5.31. The summed E-state index contributed by atoms with van der Waals surface area (Å²) >= 11 is 0. The zero-order valence-electron chi connectivity index (χ0n) is 18.3. The Morgan fingerprint density at radius 3 is 3.00 bits per heavy atom. The van der Waals surface area contributed by atoms with Crippen LogP contribution in [0.2, 0.25) is 0 Å². The summed E-state index contributed by atoms with van der Waals surface area (Å²) in [4.78, 5) is 8.09. The van der Waals surface area contributed by atoms with E-state index in [-0.39, 0.29) is 0 Å². The molecule has 1 aliphatic heterocycles. The SMILES string of the molecule is C=C/C=C1\CC1[C@H](C)c1c[nH]c2nccc(CCC3(CCCC)CCCCN3)c12. The topological polar surface area (TPSA) is 40.7 Å². The highest BCUT2D eigenvalue weighted by Gasteiger charge is 2.36. The van der Waals surface area contributed by atoms with Crippen LogP contribution in [0, 0.1) is 5.92 Å². The molecule has 1 aliphatic carbocycles. The highest BCUT2D eigenvalue weighted by Crippen LogP contribution is 2.49. The highest BCUT2D eigenvalue weighted by atomic mass is 15.0. The maximum atomic E-state index is 4.64. The largest absolute Gasteiger partial charge is 0.346 e. The van der Waals surface area contributed by atoms with Crippen LogP contribution in [-0.2, 0) is 6.42 Å². The molecule has 2 aliphatic rings. The zero-order chi connectivity index (χ0) is 20.3. The standard InChI is InChI=1S/C26H37N3/c1-4-6-12-26(13-7-8-15-29-26)14-10-20-11-16-27-25-24(20)23(18-28-25)19(3)22-17-21(22)9-5-2/h5,9,11,16,18-19,22,29H,2,4,6-8,10,12-15,17H2,1,3H3,(H,27,28)/b21-9+/t19-,22?,26?/m0/s1. The number of allylic oxidation sites excluding steroid dienone is 3. The third-order valence-corrected chi connectivity index (χ3v) is 7.35. The van der Waals surface area contributed by atoms with Crippen molar-refractivity contribution >= 4 is 11.0 Å². The van der Waals surface area contributed by atoms with Crippen molar-refractivity contribution in [3.8, 4) is 0 Å². The highest BCUT2D eigenvalue weighted by molar-refractivity contribution is 5.84. The first kappa shape index (κ1) is 20.4. The first-order chi connectivity index (χ1) is 14.2. The Morgan fingerprint density at radius 1 is 1.34 bits per heavy atom. The number of hydrogen-bond donors (Lipinski definition) is 2. The smallest absolute Gasteiger partial charge is 0.137 e. The normalized spacial score (nSPS) is 26.7. The summed E-state index contributed by atoms with van der Waals surface area (Å²) in [6.45, 7) is 9.73. The van der Waals surface area contributed by atoms with E-state index in [2.05, 4.69) is 54.1 Å². The number of pyridine rings is 1. The molecule has 0 spiro atoms. The van der Waals surface area contributed by atoms with E-state index in [1.165, 1.54) is 80.0 Å². The Bertz CT molecular complexity index is 869. The summed E-state index contributed by atoms with van der Waals surface area (Å²) in [5.74, 6) is 1.19. The molecule has 4 rings (SSSR count). The van der Waals surface area contributed by atoms with Crippen molar-refractivity contribution in [1.29, 1.82) is 0 Å². The lowest BCUT2D eigenvalue weighted by Gasteiger charge is -2.39. The van der Waals surface area contributed by atoms with Crippen LogP contribution in [0.4, 0.5) is 0 Å². The van der Waals surface area contributed by atoms with Crippen LogP contribution in [-0.4, -0.2) is 22.1 Å². The number of aryl methyl sites for hydroxylation is 1. The number of rotatable bonds is 9. The van der Waals surface area contributed by atoms with Gasteiger partial charge in [0.15, 0.2) is 0 Å². The lowest BCUT2D eigenvalue weighted by molar-refractivity contribution is 0.216. The Balaban J connectivity index is 1.56. The fourth-order valence-electron chi connectivity index (χ4n) is 5.44. The molecule has 0 radical (unpaired) electrons. The lowest BCUT2D eigenvalue weighted by Crippen LogP contribution is -2.48. The quantitative estimate of drug-likeness (QED) is 0.517. The van der Waals surface area contributed by atoms with Crippen molar-refractivity contribution in [1.82, 2.24) is 15.3 Å². The monoisotopic (exact) mass is 391 g/mol. The fraction of sp³-hybridized carbons (Fsp3) is 0.577. The van der Waals surface area contributed by atoms with E-state index in [1.807, 2.05) is 12.3 Å². The van der Waals surface area contributed by atoms with E-state index in [1.54, 1.807) is 0 Å². The van der Waals surface area contributed by atoms with Crippen molar-refractivity contribution < 1.29 is 0 Å². The van der Waals surface area contributed by atoms with Gasteiger partial charge < -0.3 is 10.3 Å². The van der Waals surface area contributed by atoms with Gasteiger partial charge in [-0.15, -0.1) is 0 Å². The van der Waals surface area contributed by atoms with Gasteiger partial charge in [-0.1, -0.05) is 57.4 Å². The van der Waals surface area contributed by atoms with E-state index in [0.717, 1.165) is 12.1 Å². The molecule has 3 heteroatoms. The van der Waals surface area contributed by atoms with Crippen molar-refractivity contribution in [2.24, 2.45) is 5.92 Å². The van der Waals surface area contributed by atoms with Gasteiger partial charge in [-0.05, 0) is 74.1 Å². The minimum absolute atomic E-state index is 0.336. The number of piperidine rings is 1. The van der Waals surface area contributed by atoms with Gasteiger partial charge in [-0.2, -0.15) is 0 Å². The molecule has 3 nitrogen and oxygen atoms in total. The minimum Gasteiger partial charge on any atom is -0.346 e. The van der Waals surface area contributed by atoms with Crippen molar-refractivity contribution in [2.75, 3.05) is 6.54 Å². The molecule has 29 heavy (non-hydrogen) atoms. The van der Waals surface area contributed by atoms with Crippen LogP contribution in [0.1, 0.15) is 82.3 Å². The van der Waals surface area contributed by atoms with Gasteiger partial charge >= 0.3 is 0 Å². The summed E-state index contributed by atoms with van der Waals surface area (Å²) in [7, 11) is 0. The number of aromatic nitrogens is 2. The van der Waals surface area contributed by atoms with Gasteiger partial charge in [-0.25, -0.2) is 4.98 Å². The van der Waals surface area contributed by atoms with E-state index >= 15 is 0 Å². The molecule has 3 heterocycles. The van der Waals surface area contributed by atoms with Gasteiger partial charge in [-0.3, -0.25) is 0 Å². The number of nitrogens with one attached hydrogen (secondary N) is 2. The number of unbranched alkanes of at least 4 members (excludes halogenated alkanes) is 1. The maximum Gasteiger partial charge on any atom is 0.137 e. The Kier molecular flexibility index (Phi) is 6.24. The average Bonchev–Trinajstić information content (AvgIpc) is 3.38. The van der Waals surface area contributed by atoms with E-state index in [9.17, 15) is 0 Å². The Morgan fingerprint density at radius 2 is 2.24 bits per heavy atom. The van der Waals surface area contributed by atoms with Crippen LogP contribution in [0.3, 0.4) is 0 Å². The van der Waals surface area contributed by atoms with Crippen molar-refractivity contribution in [2.45, 2.75) is 83.1 Å². The predicted molar refractivity (Wildman–Crippen MR) is 123 cm³/mol. The summed E-state index contributed by atoms with van der Waals surface area (Å²) in [6, 6.07) is 2.26. The van der Waals surface area contributed by atoms with E-state index in [4.69, 9.17) is 0 Å². The van der Waals surface area contributed by atoms with Gasteiger partial charge in [0, 0.05) is 23.3 Å². The minimum atomic E-state index is 0.336. The van der Waals surface area contributed by atoms with Gasteiger partial charge in [0.1, 0.15) is 5.65 Å². The number of nitrogens with zero attached hydrogens (tertiary/aromatic N) is 1. The van der Waals surface area contributed by atoms with Crippen molar-refractivity contribution in [3.63, 3.8) is 0 Å². The molecule has 2 fully saturated rings. The van der Waals surface area contributed by atoms with Crippen LogP contribution >= 0.6 is 0 Å². The number of fused-ring (bicyclic) bond motifs is 1. The maximum absolute atomic E-state index is 4.64. The summed E-state index contributed by atoms with van der Waals surface area (Å²) in [6.07, 6.45) is 19.8. The summed E-state index contributed by atoms with van der Waals surface area (Å²) < 4.78 is 0. The van der Waals surface area contributed by atoms with E-state index in [0.29, 0.717) is 17.4 Å². The predicted octanol–water partition coefficient (Wildman–Crippen LogP) is 6.43. The van der Waals surface area contributed by atoms with Gasteiger partial charge in [0.2, 0.25) is 0 Å². The number of aromatic amines is 1. The first-order valence-electron chi connectivity index (χ1n) is 11.7. The van der Waals surface area contributed by atoms with Crippen LogP contribution in [0.25, 0.3) is 11.0 Å². The van der Waals surface area contributed by atoms with Gasteiger partial charge in [0.05, 0.1) is 0 Å². The average molecular weight is 392 g/mol. The lowest BCUT2D eigenvalue weighted by atomic mass is 9.79. The second kappa shape index (κ2) is 8.87. The Labute approximate surface area is 176 Å². The molecule has 0 aromatic carbocycles. The van der Waals surface area contributed by atoms with Crippen LogP contribution < -0.4 is 5.32 Å². The van der Waals surface area contributed by atoms with E-state index < -0.39 is 0 Å². The van der Waals surface area contributed by atoms with Gasteiger partial charge in [0.25, 0.3) is 0 Å². The summed E-state index contributed by atoms with van der Waals surface area (Å²) in [5.41, 5.74) is 5.84. The molecule has 3 atom stereocenters. The molecule has 1 saturated heterocycles. The molecule has 0 amide bonds. The second-order valence-electron chi connectivity index (χ2n) is 9.28. The molecular weight excluding hydrogens is 354 g/mol. The molecule has 2 aromatic rings. The third-order valence-electron chi connectivity index (χ3n) is 7.35. The molecule has 156 valence electrons. The third kappa shape index (κ3) is 4.35. The van der Waals surface area contributed by atoms with Crippen LogP contribution in [0.5, 0.6) is 0 Å². The number of H-pyrrole nitrogens is 1. The molecule has 2 aromatic heterocycles. The zero-order valence-corrected chi connectivity index (χ0v) is 18.3.